The van der Waals surface area contributed by atoms with Gasteiger partial charge in [0.15, 0.2) is 0 Å². The number of fused-ring (bicyclic) bond motifs is 2. The number of aromatic amines is 1. The summed E-state index contributed by atoms with van der Waals surface area (Å²) in [4.78, 5) is 10.1. The number of halogens is 2. The Morgan fingerprint density at radius 3 is 2.74 bits per heavy atom. The van der Waals surface area contributed by atoms with E-state index >= 15 is 0 Å². The lowest BCUT2D eigenvalue weighted by Gasteiger charge is -2.31. The first-order valence-corrected chi connectivity index (χ1v) is 10.4. The second-order valence-corrected chi connectivity index (χ2v) is 7.87. The maximum Gasteiger partial charge on any atom is 0.320 e. The molecule has 5 nitrogen and oxygen atoms in total. The number of benzene rings is 2. The van der Waals surface area contributed by atoms with Crippen LogP contribution < -0.4 is 4.74 Å². The van der Waals surface area contributed by atoms with E-state index in [2.05, 4.69) is 20.9 Å². The van der Waals surface area contributed by atoms with E-state index in [-0.39, 0.29) is 6.04 Å². The van der Waals surface area contributed by atoms with Crippen molar-refractivity contribution in [1.82, 2.24) is 19.4 Å². The average Bonchev–Trinajstić information content (AvgIpc) is 3.40. The first-order chi connectivity index (χ1) is 15.1. The van der Waals surface area contributed by atoms with E-state index in [0.29, 0.717) is 23.4 Å². The summed E-state index contributed by atoms with van der Waals surface area (Å²) in [6.45, 7) is 0.785. The summed E-state index contributed by atoms with van der Waals surface area (Å²) in [6, 6.07) is 12.9. The SMILES string of the molecule is COc1ccc2[nH]cc(C3=CCN(C(C)c4nc5ccccc5n4C(F)F)CC3)c2c1. The van der Waals surface area contributed by atoms with Crippen LogP contribution in [0.2, 0.25) is 0 Å². The van der Waals surface area contributed by atoms with Crippen LogP contribution in [0.3, 0.4) is 0 Å². The largest absolute Gasteiger partial charge is 0.497 e. The highest BCUT2D eigenvalue weighted by Crippen LogP contribution is 2.34. The molecule has 2 aromatic carbocycles. The molecule has 3 heterocycles. The number of alkyl halides is 2. The highest BCUT2D eigenvalue weighted by Gasteiger charge is 2.27. The number of rotatable bonds is 5. The number of methoxy groups -OCH3 is 1. The molecular weight excluding hydrogens is 398 g/mol. The van der Waals surface area contributed by atoms with Gasteiger partial charge in [-0.25, -0.2) is 4.98 Å². The van der Waals surface area contributed by atoms with Gasteiger partial charge in [-0.05, 0) is 49.2 Å². The molecule has 31 heavy (non-hydrogen) atoms. The van der Waals surface area contributed by atoms with Crippen LogP contribution in [0.15, 0.2) is 54.7 Å². The fraction of sp³-hybridized carbons (Fsp3) is 0.292. The van der Waals surface area contributed by atoms with Crippen LogP contribution in [0, 0.1) is 0 Å². The van der Waals surface area contributed by atoms with E-state index in [1.807, 2.05) is 37.4 Å². The van der Waals surface area contributed by atoms with Gasteiger partial charge >= 0.3 is 6.55 Å². The summed E-state index contributed by atoms with van der Waals surface area (Å²) in [7, 11) is 1.67. The molecule has 2 aromatic heterocycles. The van der Waals surface area contributed by atoms with Crippen molar-refractivity contribution in [1.29, 1.82) is 0 Å². The molecule has 0 saturated carbocycles. The van der Waals surface area contributed by atoms with Crippen LogP contribution in [0.1, 0.15) is 37.3 Å². The standard InChI is InChI=1S/C24H24F2N4O/c1-15(23-28-21-5-3-4-6-22(21)30(23)24(25)26)29-11-9-16(10-12-29)19-14-27-20-8-7-17(31-2)13-18(19)20/h3-9,13-15,24,27H,10-12H2,1-2H3. The third-order valence-corrected chi connectivity index (χ3v) is 6.22. The molecule has 1 atom stereocenters. The van der Waals surface area contributed by atoms with Gasteiger partial charge in [-0.1, -0.05) is 18.2 Å². The predicted molar refractivity (Wildman–Crippen MR) is 118 cm³/mol. The molecule has 4 aromatic rings. The van der Waals surface area contributed by atoms with Crippen molar-refractivity contribution >= 4 is 27.5 Å². The maximum absolute atomic E-state index is 13.9. The zero-order valence-electron chi connectivity index (χ0n) is 17.5. The third kappa shape index (κ3) is 3.39. The number of nitrogens with one attached hydrogen (secondary N) is 1. The van der Waals surface area contributed by atoms with Crippen molar-refractivity contribution in [2.45, 2.75) is 25.9 Å². The van der Waals surface area contributed by atoms with E-state index in [9.17, 15) is 8.78 Å². The van der Waals surface area contributed by atoms with Crippen molar-refractivity contribution in [3.8, 4) is 5.75 Å². The number of imidazole rings is 1. The minimum atomic E-state index is -2.62. The molecule has 0 saturated heterocycles. The minimum Gasteiger partial charge on any atom is -0.497 e. The van der Waals surface area contributed by atoms with E-state index in [1.165, 1.54) is 11.1 Å². The number of para-hydroxylation sites is 2. The fourth-order valence-corrected chi connectivity index (χ4v) is 4.50. The van der Waals surface area contributed by atoms with Gasteiger partial charge in [-0.15, -0.1) is 0 Å². The van der Waals surface area contributed by atoms with Gasteiger partial charge in [0.25, 0.3) is 0 Å². The van der Waals surface area contributed by atoms with Crippen molar-refractivity contribution < 1.29 is 13.5 Å². The van der Waals surface area contributed by atoms with Gasteiger partial charge in [0.2, 0.25) is 0 Å². The summed E-state index contributed by atoms with van der Waals surface area (Å²) < 4.78 is 34.1. The quantitative estimate of drug-likeness (QED) is 0.444. The number of ether oxygens (including phenoxy) is 1. The molecule has 1 unspecified atom stereocenters. The van der Waals surface area contributed by atoms with Gasteiger partial charge in [0, 0.05) is 35.8 Å². The van der Waals surface area contributed by atoms with E-state index in [0.717, 1.165) is 34.2 Å². The molecule has 0 fully saturated rings. The Morgan fingerprint density at radius 1 is 1.16 bits per heavy atom. The van der Waals surface area contributed by atoms with Crippen LogP contribution in [-0.2, 0) is 0 Å². The third-order valence-electron chi connectivity index (χ3n) is 6.22. The summed E-state index contributed by atoms with van der Waals surface area (Å²) >= 11 is 0. The predicted octanol–water partition coefficient (Wildman–Crippen LogP) is 5.77. The van der Waals surface area contributed by atoms with Crippen LogP contribution in [-0.4, -0.2) is 39.6 Å². The maximum atomic E-state index is 13.9. The molecular formula is C24H24F2N4O. The molecule has 0 bridgehead atoms. The molecule has 0 amide bonds. The molecule has 0 spiro atoms. The smallest absolute Gasteiger partial charge is 0.320 e. The van der Waals surface area contributed by atoms with Gasteiger partial charge in [-0.3, -0.25) is 9.47 Å². The summed E-state index contributed by atoms with van der Waals surface area (Å²) in [5.74, 6) is 1.23. The van der Waals surface area contributed by atoms with Gasteiger partial charge in [0.1, 0.15) is 11.6 Å². The van der Waals surface area contributed by atoms with E-state index < -0.39 is 6.55 Å². The molecule has 5 rings (SSSR count). The average molecular weight is 422 g/mol. The number of aromatic nitrogens is 3. The van der Waals surface area contributed by atoms with Gasteiger partial charge in [0.05, 0.1) is 24.2 Å². The van der Waals surface area contributed by atoms with Crippen molar-refractivity contribution in [2.75, 3.05) is 20.2 Å². The van der Waals surface area contributed by atoms with Crippen LogP contribution in [0.4, 0.5) is 8.78 Å². The number of hydrogen-bond donors (Lipinski definition) is 1. The molecule has 0 radical (unpaired) electrons. The lowest BCUT2D eigenvalue weighted by atomic mass is 9.98. The van der Waals surface area contributed by atoms with Crippen LogP contribution in [0.5, 0.6) is 5.75 Å². The lowest BCUT2D eigenvalue weighted by molar-refractivity contribution is 0.0652. The van der Waals surface area contributed by atoms with E-state index in [1.54, 1.807) is 25.3 Å². The number of H-pyrrole nitrogens is 1. The van der Waals surface area contributed by atoms with Gasteiger partial charge < -0.3 is 9.72 Å². The van der Waals surface area contributed by atoms with Gasteiger partial charge in [-0.2, -0.15) is 8.78 Å². The first-order valence-electron chi connectivity index (χ1n) is 10.4. The Balaban J connectivity index is 1.43. The lowest BCUT2D eigenvalue weighted by Crippen LogP contribution is -2.33. The van der Waals surface area contributed by atoms with Crippen LogP contribution in [0.25, 0.3) is 27.5 Å². The normalized spacial score (nSPS) is 16.2. The van der Waals surface area contributed by atoms with Crippen LogP contribution >= 0.6 is 0 Å². The molecule has 1 N–H and O–H groups in total. The topological polar surface area (TPSA) is 46.1 Å². The van der Waals surface area contributed by atoms with E-state index in [4.69, 9.17) is 4.74 Å². The zero-order chi connectivity index (χ0) is 21.5. The summed E-state index contributed by atoms with van der Waals surface area (Å²) in [6.07, 6.45) is 5.06. The van der Waals surface area contributed by atoms with Crippen molar-refractivity contribution in [2.24, 2.45) is 0 Å². The molecule has 1 aliphatic heterocycles. The summed E-state index contributed by atoms with van der Waals surface area (Å²) in [5.41, 5.74) is 4.57. The fourth-order valence-electron chi connectivity index (χ4n) is 4.50. The Morgan fingerprint density at radius 2 is 2.00 bits per heavy atom. The Hall–Kier alpha value is -3.19. The first kappa shape index (κ1) is 19.8. The Bertz CT molecular complexity index is 1270. The molecule has 1 aliphatic rings. The molecule has 160 valence electrons. The van der Waals surface area contributed by atoms with Crippen molar-refractivity contribution in [3.05, 3.63) is 66.1 Å². The van der Waals surface area contributed by atoms with Crippen molar-refractivity contribution in [3.63, 3.8) is 0 Å². The minimum absolute atomic E-state index is 0.220. The highest BCUT2D eigenvalue weighted by molar-refractivity contribution is 5.93. The second-order valence-electron chi connectivity index (χ2n) is 7.87. The zero-order valence-corrected chi connectivity index (χ0v) is 17.5. The monoisotopic (exact) mass is 422 g/mol. The second kappa shape index (κ2) is 7.81. The molecule has 0 aliphatic carbocycles. The highest BCUT2D eigenvalue weighted by atomic mass is 19.3. The molecule has 7 heteroatoms. The number of hydrogen-bond acceptors (Lipinski definition) is 3. The number of nitrogens with zero attached hydrogens (tertiary/aromatic N) is 3. The summed E-state index contributed by atoms with van der Waals surface area (Å²) in [5, 5.41) is 1.13. The Labute approximate surface area is 178 Å². The Kier molecular flexibility index (Phi) is 4.98.